The fourth-order valence-corrected chi connectivity index (χ4v) is 3.45. The maximum atomic E-state index is 13.4. The standard InChI is InChI=1S/C23H25BrN2O6/c1-4-14-25-19-15-16(24)10-12-18(19)22(23(25)29)26(30)17(11-13-21(28)32-6-3)8-7-9-20(27)31-5-2/h4,7,9-13,15,17H,1,5-6,8,14H2,2-3H3/b9-7+,13-11+,26-22+. The highest BCUT2D eigenvalue weighted by atomic mass is 79.9. The van der Waals surface area contributed by atoms with Crippen LogP contribution in [-0.2, 0) is 23.9 Å². The van der Waals surface area contributed by atoms with E-state index < -0.39 is 23.9 Å². The molecule has 0 N–H and O–H groups in total. The summed E-state index contributed by atoms with van der Waals surface area (Å²) in [6.45, 7) is 7.67. The summed E-state index contributed by atoms with van der Waals surface area (Å²) in [5.41, 5.74) is 0.992. The highest BCUT2D eigenvalue weighted by Gasteiger charge is 2.40. The number of benzene rings is 1. The molecule has 1 aliphatic rings. The number of nitrogens with zero attached hydrogens (tertiary/aromatic N) is 2. The van der Waals surface area contributed by atoms with Crippen LogP contribution in [0.15, 0.2) is 59.6 Å². The van der Waals surface area contributed by atoms with Crippen LogP contribution in [-0.4, -0.2) is 54.1 Å². The smallest absolute Gasteiger partial charge is 0.330 e. The van der Waals surface area contributed by atoms with Crippen LogP contribution in [0.25, 0.3) is 0 Å². The number of hydrogen-bond acceptors (Lipinski definition) is 6. The summed E-state index contributed by atoms with van der Waals surface area (Å²) >= 11 is 3.39. The number of hydroxylamine groups is 1. The minimum Gasteiger partial charge on any atom is -0.623 e. The van der Waals surface area contributed by atoms with Crippen molar-refractivity contribution in [1.82, 2.24) is 0 Å². The van der Waals surface area contributed by atoms with Crippen molar-refractivity contribution >= 4 is 45.2 Å². The summed E-state index contributed by atoms with van der Waals surface area (Å²) in [6, 6.07) is 4.23. The number of ether oxygens (including phenoxy) is 2. The fourth-order valence-electron chi connectivity index (χ4n) is 3.10. The van der Waals surface area contributed by atoms with Gasteiger partial charge in [0.25, 0.3) is 5.71 Å². The molecule has 1 amide bonds. The van der Waals surface area contributed by atoms with E-state index in [1.54, 1.807) is 38.1 Å². The van der Waals surface area contributed by atoms with Gasteiger partial charge in [-0.1, -0.05) is 28.1 Å². The second-order valence-corrected chi connectivity index (χ2v) is 7.52. The predicted molar refractivity (Wildman–Crippen MR) is 124 cm³/mol. The lowest BCUT2D eigenvalue weighted by molar-refractivity contribution is -0.485. The van der Waals surface area contributed by atoms with E-state index >= 15 is 0 Å². The Morgan fingerprint density at radius 1 is 1.22 bits per heavy atom. The van der Waals surface area contributed by atoms with E-state index in [9.17, 15) is 19.6 Å². The second kappa shape index (κ2) is 12.0. The number of esters is 2. The number of carbonyl (C=O) groups is 3. The van der Waals surface area contributed by atoms with Crippen molar-refractivity contribution in [3.05, 3.63) is 70.4 Å². The molecular formula is C23H25BrN2O6. The lowest BCUT2D eigenvalue weighted by Gasteiger charge is -2.15. The van der Waals surface area contributed by atoms with Gasteiger partial charge >= 0.3 is 17.8 Å². The lowest BCUT2D eigenvalue weighted by atomic mass is 10.1. The molecule has 1 atom stereocenters. The maximum absolute atomic E-state index is 13.4. The molecule has 1 heterocycles. The molecule has 0 saturated heterocycles. The van der Waals surface area contributed by atoms with Gasteiger partial charge in [-0.15, -0.1) is 6.58 Å². The molecule has 170 valence electrons. The van der Waals surface area contributed by atoms with Crippen LogP contribution in [0.1, 0.15) is 25.8 Å². The van der Waals surface area contributed by atoms with E-state index in [1.807, 2.05) is 0 Å². The summed E-state index contributed by atoms with van der Waals surface area (Å²) in [5.74, 6) is -1.63. The number of rotatable bonds is 10. The molecule has 0 fully saturated rings. The molecule has 0 bridgehead atoms. The second-order valence-electron chi connectivity index (χ2n) is 6.61. The Morgan fingerprint density at radius 2 is 1.88 bits per heavy atom. The molecule has 9 heteroatoms. The highest BCUT2D eigenvalue weighted by molar-refractivity contribution is 9.10. The van der Waals surface area contributed by atoms with Crippen molar-refractivity contribution < 1.29 is 28.6 Å². The first-order chi connectivity index (χ1) is 15.3. The minimum absolute atomic E-state index is 0.0579. The van der Waals surface area contributed by atoms with Crippen LogP contribution >= 0.6 is 15.9 Å². The molecule has 0 spiro atoms. The van der Waals surface area contributed by atoms with Gasteiger partial charge in [0.15, 0.2) is 6.04 Å². The third-order valence-corrected chi connectivity index (χ3v) is 4.94. The Labute approximate surface area is 195 Å². The lowest BCUT2D eigenvalue weighted by Crippen LogP contribution is -2.36. The number of fused-ring (bicyclic) bond motifs is 1. The minimum atomic E-state index is -0.941. The van der Waals surface area contributed by atoms with Crippen molar-refractivity contribution in [2.24, 2.45) is 0 Å². The fraction of sp³-hybridized carbons (Fsp3) is 0.304. The summed E-state index contributed by atoms with van der Waals surface area (Å²) in [7, 11) is 0. The van der Waals surface area contributed by atoms with Crippen LogP contribution < -0.4 is 4.90 Å². The molecule has 1 unspecified atom stereocenters. The molecular weight excluding hydrogens is 480 g/mol. The zero-order chi connectivity index (χ0) is 23.7. The van der Waals surface area contributed by atoms with E-state index in [0.29, 0.717) is 16.0 Å². The number of amides is 1. The van der Waals surface area contributed by atoms with Gasteiger partial charge in [-0.25, -0.2) is 9.59 Å². The summed E-state index contributed by atoms with van der Waals surface area (Å²) in [5, 5.41) is 13.4. The Kier molecular flexibility index (Phi) is 9.39. The zero-order valence-electron chi connectivity index (χ0n) is 18.0. The topological polar surface area (TPSA) is 99.0 Å². The monoisotopic (exact) mass is 504 g/mol. The largest absolute Gasteiger partial charge is 0.623 e. The van der Waals surface area contributed by atoms with Crippen molar-refractivity contribution in [2.45, 2.75) is 26.3 Å². The summed E-state index contributed by atoms with van der Waals surface area (Å²) in [6.07, 6.45) is 6.80. The first kappa shape index (κ1) is 25.1. The Balaban J connectivity index is 2.48. The molecule has 0 aromatic heterocycles. The molecule has 1 aromatic carbocycles. The van der Waals surface area contributed by atoms with E-state index in [1.165, 1.54) is 23.1 Å². The Hall–Kier alpha value is -3.20. The summed E-state index contributed by atoms with van der Waals surface area (Å²) in [4.78, 5) is 37.9. The van der Waals surface area contributed by atoms with Crippen LogP contribution in [0.5, 0.6) is 0 Å². The van der Waals surface area contributed by atoms with E-state index in [0.717, 1.165) is 10.5 Å². The number of halogens is 1. The van der Waals surface area contributed by atoms with Gasteiger partial charge in [-0.05, 0) is 38.1 Å². The first-order valence-electron chi connectivity index (χ1n) is 10.1. The third-order valence-electron chi connectivity index (χ3n) is 4.45. The molecule has 32 heavy (non-hydrogen) atoms. The van der Waals surface area contributed by atoms with Gasteiger partial charge < -0.3 is 14.7 Å². The molecule has 1 aliphatic heterocycles. The van der Waals surface area contributed by atoms with Gasteiger partial charge in [-0.2, -0.15) is 4.74 Å². The third kappa shape index (κ3) is 6.16. The number of carbonyl (C=O) groups excluding carboxylic acids is 3. The molecule has 2 rings (SSSR count). The van der Waals surface area contributed by atoms with Gasteiger partial charge in [0.05, 0.1) is 24.5 Å². The van der Waals surface area contributed by atoms with Crippen LogP contribution in [0.3, 0.4) is 0 Å². The van der Waals surface area contributed by atoms with Gasteiger partial charge in [0, 0.05) is 29.6 Å². The summed E-state index contributed by atoms with van der Waals surface area (Å²) < 4.78 is 11.0. The maximum Gasteiger partial charge on any atom is 0.330 e. The van der Waals surface area contributed by atoms with E-state index in [2.05, 4.69) is 22.5 Å². The Morgan fingerprint density at radius 3 is 2.50 bits per heavy atom. The first-order valence-corrected chi connectivity index (χ1v) is 10.9. The molecule has 0 saturated carbocycles. The zero-order valence-corrected chi connectivity index (χ0v) is 19.5. The van der Waals surface area contributed by atoms with Gasteiger partial charge in [0.1, 0.15) is 0 Å². The van der Waals surface area contributed by atoms with Crippen molar-refractivity contribution in [2.75, 3.05) is 24.7 Å². The average molecular weight is 505 g/mol. The molecule has 0 radical (unpaired) electrons. The van der Waals surface area contributed by atoms with Crippen molar-refractivity contribution in [3.63, 3.8) is 0 Å². The van der Waals surface area contributed by atoms with Crippen molar-refractivity contribution in [1.29, 1.82) is 0 Å². The van der Waals surface area contributed by atoms with Crippen LogP contribution in [0, 0.1) is 5.21 Å². The van der Waals surface area contributed by atoms with E-state index in [4.69, 9.17) is 9.47 Å². The Bertz CT molecular complexity index is 983. The quantitative estimate of drug-likeness (QED) is 0.121. The van der Waals surface area contributed by atoms with Crippen molar-refractivity contribution in [3.8, 4) is 0 Å². The molecule has 8 nitrogen and oxygen atoms in total. The highest BCUT2D eigenvalue weighted by Crippen LogP contribution is 2.32. The molecule has 1 aromatic rings. The van der Waals surface area contributed by atoms with Gasteiger partial charge in [0.2, 0.25) is 0 Å². The van der Waals surface area contributed by atoms with Crippen LogP contribution in [0.4, 0.5) is 5.69 Å². The number of anilines is 1. The predicted octanol–water partition coefficient (Wildman–Crippen LogP) is 3.28. The van der Waals surface area contributed by atoms with Gasteiger partial charge in [-0.3, -0.25) is 9.69 Å². The number of hydrogen-bond donors (Lipinski definition) is 0. The van der Waals surface area contributed by atoms with E-state index in [-0.39, 0.29) is 31.9 Å². The molecule has 0 aliphatic carbocycles. The van der Waals surface area contributed by atoms with Crippen LogP contribution in [0.2, 0.25) is 0 Å². The normalized spacial score (nSPS) is 15.7. The average Bonchev–Trinajstić information content (AvgIpc) is 3.01. The SMILES string of the molecule is C=CCN1C(=O)/C(=[N+](/[O-])C(/C=C/C(=O)OCC)C/C=C/C(=O)OCC)c2ccc(Br)cc21.